The normalized spacial score (nSPS) is 11.8. The summed E-state index contributed by atoms with van der Waals surface area (Å²) in [6, 6.07) is 26.5. The highest BCUT2D eigenvalue weighted by molar-refractivity contribution is 5.93. The van der Waals surface area contributed by atoms with Crippen LogP contribution in [0.5, 0.6) is 23.0 Å². The highest BCUT2D eigenvalue weighted by Gasteiger charge is 2.18. The van der Waals surface area contributed by atoms with Crippen molar-refractivity contribution in [2.45, 2.75) is 189 Å². The first kappa shape index (κ1) is 61.4. The number of benzene rings is 4. The fourth-order valence-corrected chi connectivity index (χ4v) is 8.75. The third-order valence-electron chi connectivity index (χ3n) is 14.2. The molecule has 2 aromatic heterocycles. The van der Waals surface area contributed by atoms with Crippen molar-refractivity contribution in [2.75, 3.05) is 13.2 Å². The van der Waals surface area contributed by atoms with E-state index in [1.165, 1.54) is 133 Å². The van der Waals surface area contributed by atoms with E-state index < -0.39 is 5.97 Å². The maximum absolute atomic E-state index is 13.0. The number of rotatable bonds is 35. The summed E-state index contributed by atoms with van der Waals surface area (Å²) < 4.78 is 23.6. The Morgan fingerprint density at radius 2 is 0.779 bits per heavy atom. The molecule has 414 valence electrons. The lowest BCUT2D eigenvalue weighted by Crippen LogP contribution is -2.10. The molecule has 0 radical (unpaired) electrons. The molecule has 0 aliphatic carbocycles. The maximum Gasteiger partial charge on any atom is 0.343 e. The van der Waals surface area contributed by atoms with Gasteiger partial charge in [0.05, 0.1) is 48.1 Å². The van der Waals surface area contributed by atoms with Gasteiger partial charge in [-0.25, -0.2) is 9.59 Å². The average Bonchev–Trinajstić information content (AvgIpc) is 3.47. The Hall–Kier alpha value is -6.42. The molecule has 2 heterocycles. The van der Waals surface area contributed by atoms with Gasteiger partial charge >= 0.3 is 11.9 Å². The summed E-state index contributed by atoms with van der Waals surface area (Å²) in [5.41, 5.74) is 6.18. The molecule has 10 nitrogen and oxygen atoms in total. The number of carbonyl (C=O) groups excluding carboxylic acids is 2. The standard InChI is InChI=1S/C34H46N2O3.C33H44N2O3/c1-4-6-7-8-9-10-11-12-13-14-15-28-16-18-29(19-17-28)34(37)39-33-21-20-30(38-26-27(3)5-2)24-31(33)32-25-35-22-23-36-32;1-4-6-7-8-9-10-11-12-13-14-27-15-17-28(18-16-27)33(36)38-32-20-19-29(37-25-26(3)5-2)23-30(32)31-24-34-21-22-35-31/h16-25,27H,4-15,26H2,1-3H3;15-24,26H,4-14,25H2,1-3H3. The summed E-state index contributed by atoms with van der Waals surface area (Å²) >= 11 is 0. The summed E-state index contributed by atoms with van der Waals surface area (Å²) in [7, 11) is 0. The third-order valence-corrected chi connectivity index (χ3v) is 14.2. The summed E-state index contributed by atoms with van der Waals surface area (Å²) in [5, 5.41) is 0. The van der Waals surface area contributed by atoms with E-state index in [0.29, 0.717) is 81.7 Å². The number of hydrogen-bond acceptors (Lipinski definition) is 10. The van der Waals surface area contributed by atoms with Crippen molar-refractivity contribution in [1.29, 1.82) is 0 Å². The van der Waals surface area contributed by atoms with E-state index in [1.54, 1.807) is 49.3 Å². The number of carbonyl (C=O) groups is 2. The van der Waals surface area contributed by atoms with Crippen LogP contribution in [0, 0.1) is 11.8 Å². The SMILES string of the molecule is CCCCCCCCCCCCc1ccc(C(=O)Oc2ccc(OCC(C)CC)cc2-c2cnccn2)cc1.CCCCCCCCCCCc1ccc(C(=O)Oc2ccc(OCC(C)CC)cc2-c2cnccn2)cc1. The summed E-state index contributed by atoms with van der Waals surface area (Å²) in [6.45, 7) is 14.4. The Labute approximate surface area is 462 Å². The van der Waals surface area contributed by atoms with Gasteiger partial charge in [-0.2, -0.15) is 0 Å². The largest absolute Gasteiger partial charge is 0.493 e. The fraction of sp³-hybridized carbons (Fsp3) is 0.493. The lowest BCUT2D eigenvalue weighted by atomic mass is 10.0. The van der Waals surface area contributed by atoms with Gasteiger partial charge in [-0.1, -0.05) is 188 Å². The first-order chi connectivity index (χ1) is 37.7. The maximum atomic E-state index is 13.0. The second-order valence-electron chi connectivity index (χ2n) is 20.8. The molecule has 6 rings (SSSR count). The van der Waals surface area contributed by atoms with Crippen LogP contribution in [0.1, 0.15) is 208 Å². The van der Waals surface area contributed by atoms with Crippen LogP contribution in [0.15, 0.2) is 122 Å². The molecule has 2 atom stereocenters. The first-order valence-electron chi connectivity index (χ1n) is 29.4. The van der Waals surface area contributed by atoms with Gasteiger partial charge in [-0.15, -0.1) is 0 Å². The molecule has 0 amide bonds. The number of nitrogens with zero attached hydrogens (tertiary/aromatic N) is 4. The van der Waals surface area contributed by atoms with Gasteiger partial charge in [0.25, 0.3) is 0 Å². The average molecular weight is 1050 g/mol. The Morgan fingerprint density at radius 1 is 0.429 bits per heavy atom. The van der Waals surface area contributed by atoms with Crippen molar-refractivity contribution >= 4 is 11.9 Å². The minimum Gasteiger partial charge on any atom is -0.493 e. The van der Waals surface area contributed by atoms with Crippen LogP contribution >= 0.6 is 0 Å². The fourth-order valence-electron chi connectivity index (χ4n) is 8.75. The second-order valence-corrected chi connectivity index (χ2v) is 20.8. The molecule has 0 saturated heterocycles. The van der Waals surface area contributed by atoms with E-state index in [4.69, 9.17) is 18.9 Å². The van der Waals surface area contributed by atoms with Crippen LogP contribution in [-0.2, 0) is 12.8 Å². The molecule has 0 aliphatic heterocycles. The highest BCUT2D eigenvalue weighted by Crippen LogP contribution is 2.35. The summed E-state index contributed by atoms with van der Waals surface area (Å²) in [6.07, 6.45) is 39.2. The monoisotopic (exact) mass is 1050 g/mol. The molecule has 0 aliphatic rings. The van der Waals surface area contributed by atoms with Crippen LogP contribution in [0.3, 0.4) is 0 Å². The molecular weight excluding hydrogens is 957 g/mol. The summed E-state index contributed by atoms with van der Waals surface area (Å²) in [5.74, 6) is 2.43. The number of aryl methyl sites for hydroxylation is 2. The van der Waals surface area contributed by atoms with Crippen molar-refractivity contribution in [1.82, 2.24) is 19.9 Å². The van der Waals surface area contributed by atoms with Crippen molar-refractivity contribution in [3.63, 3.8) is 0 Å². The van der Waals surface area contributed by atoms with Crippen molar-refractivity contribution in [3.8, 4) is 45.5 Å². The minimum atomic E-state index is -0.391. The van der Waals surface area contributed by atoms with Gasteiger partial charge in [0, 0.05) is 35.9 Å². The van der Waals surface area contributed by atoms with Gasteiger partial charge in [0.1, 0.15) is 23.0 Å². The highest BCUT2D eigenvalue weighted by atomic mass is 16.5. The van der Waals surface area contributed by atoms with Crippen LogP contribution in [0.25, 0.3) is 22.5 Å². The van der Waals surface area contributed by atoms with Gasteiger partial charge in [0.2, 0.25) is 0 Å². The van der Waals surface area contributed by atoms with Gasteiger partial charge in [0.15, 0.2) is 0 Å². The van der Waals surface area contributed by atoms with Gasteiger partial charge in [-0.05, 0) is 109 Å². The zero-order valence-corrected chi connectivity index (χ0v) is 47.6. The van der Waals surface area contributed by atoms with E-state index in [0.717, 1.165) is 25.7 Å². The smallest absolute Gasteiger partial charge is 0.343 e. The molecule has 10 heteroatoms. The predicted molar refractivity (Wildman–Crippen MR) is 314 cm³/mol. The Morgan fingerprint density at radius 3 is 1.10 bits per heavy atom. The minimum absolute atomic E-state index is 0.390. The van der Waals surface area contributed by atoms with Crippen LogP contribution in [-0.4, -0.2) is 45.1 Å². The van der Waals surface area contributed by atoms with E-state index in [1.807, 2.05) is 72.8 Å². The van der Waals surface area contributed by atoms with Crippen LogP contribution in [0.4, 0.5) is 0 Å². The van der Waals surface area contributed by atoms with E-state index >= 15 is 0 Å². The molecule has 0 N–H and O–H groups in total. The molecule has 2 unspecified atom stereocenters. The number of hydrogen-bond donors (Lipinski definition) is 0. The Balaban J connectivity index is 0.000000284. The number of esters is 2. The topological polar surface area (TPSA) is 123 Å². The van der Waals surface area contributed by atoms with E-state index in [9.17, 15) is 9.59 Å². The molecule has 0 spiro atoms. The summed E-state index contributed by atoms with van der Waals surface area (Å²) in [4.78, 5) is 43.2. The van der Waals surface area contributed by atoms with Gasteiger partial charge in [-0.3, -0.25) is 19.9 Å². The number of unbranched alkanes of at least 4 members (excludes halogenated alkanes) is 17. The molecule has 6 aromatic rings. The second kappa shape index (κ2) is 36.6. The molecule has 77 heavy (non-hydrogen) atoms. The molecule has 0 bridgehead atoms. The third kappa shape index (κ3) is 23.4. The number of aromatic nitrogens is 4. The van der Waals surface area contributed by atoms with Crippen LogP contribution in [0.2, 0.25) is 0 Å². The molecule has 0 fully saturated rings. The lowest BCUT2D eigenvalue weighted by molar-refractivity contribution is 0.0726. The molecular formula is C67H90N4O6. The quantitative estimate of drug-likeness (QED) is 0.0216. The van der Waals surface area contributed by atoms with Crippen molar-refractivity contribution in [2.24, 2.45) is 11.8 Å². The zero-order chi connectivity index (χ0) is 54.7. The Kier molecular flexibility index (Phi) is 29.2. The van der Waals surface area contributed by atoms with Crippen molar-refractivity contribution < 1.29 is 28.5 Å². The first-order valence-corrected chi connectivity index (χ1v) is 29.4. The number of ether oxygens (including phenoxy) is 4. The lowest BCUT2D eigenvalue weighted by Gasteiger charge is -2.14. The van der Waals surface area contributed by atoms with E-state index in [2.05, 4.69) is 61.5 Å². The molecule has 0 saturated carbocycles. The Bertz CT molecular complexity index is 2540. The predicted octanol–water partition coefficient (Wildman–Crippen LogP) is 18.1. The van der Waals surface area contributed by atoms with Crippen molar-refractivity contribution in [3.05, 3.63) is 144 Å². The van der Waals surface area contributed by atoms with Crippen LogP contribution < -0.4 is 18.9 Å². The van der Waals surface area contributed by atoms with E-state index in [-0.39, 0.29) is 5.97 Å². The zero-order valence-electron chi connectivity index (χ0n) is 47.6. The van der Waals surface area contributed by atoms with Gasteiger partial charge < -0.3 is 18.9 Å². The molecule has 4 aromatic carbocycles.